The van der Waals surface area contributed by atoms with Crippen molar-refractivity contribution in [1.82, 2.24) is 10.0 Å². The van der Waals surface area contributed by atoms with E-state index in [1.165, 1.54) is 24.2 Å². The van der Waals surface area contributed by atoms with E-state index < -0.39 is 10.0 Å². The highest BCUT2D eigenvalue weighted by molar-refractivity contribution is 8.00. The molecule has 0 saturated heterocycles. The van der Waals surface area contributed by atoms with E-state index in [9.17, 15) is 8.42 Å². The molecule has 0 aromatic carbocycles. The topological polar surface area (TPSA) is 58.2 Å². The molecule has 1 aliphatic carbocycles. The summed E-state index contributed by atoms with van der Waals surface area (Å²) in [5.41, 5.74) is 0. The Kier molecular flexibility index (Phi) is 5.53. The SMILES string of the molecule is CNCc1cc(S(=O)(=O)NCC2(SC)CCCC2)cs1. The van der Waals surface area contributed by atoms with Gasteiger partial charge in [-0.3, -0.25) is 0 Å². The van der Waals surface area contributed by atoms with Crippen LogP contribution in [0.25, 0.3) is 0 Å². The maximum absolute atomic E-state index is 12.3. The van der Waals surface area contributed by atoms with Gasteiger partial charge in [0.05, 0.1) is 4.90 Å². The second-order valence-electron chi connectivity index (χ2n) is 5.20. The van der Waals surface area contributed by atoms with Crippen LogP contribution in [0.5, 0.6) is 0 Å². The first-order chi connectivity index (χ1) is 9.51. The molecule has 4 nitrogen and oxygen atoms in total. The van der Waals surface area contributed by atoms with Crippen LogP contribution < -0.4 is 10.0 Å². The molecule has 1 fully saturated rings. The Labute approximate surface area is 129 Å². The van der Waals surface area contributed by atoms with E-state index >= 15 is 0 Å². The van der Waals surface area contributed by atoms with Crippen LogP contribution in [0.15, 0.2) is 16.3 Å². The summed E-state index contributed by atoms with van der Waals surface area (Å²) in [6, 6.07) is 1.75. The van der Waals surface area contributed by atoms with Gasteiger partial charge in [-0.2, -0.15) is 11.8 Å². The van der Waals surface area contributed by atoms with Crippen LogP contribution in [0.4, 0.5) is 0 Å². The quantitative estimate of drug-likeness (QED) is 0.804. The molecule has 0 atom stereocenters. The minimum atomic E-state index is -3.37. The Balaban J connectivity index is 2.03. The second kappa shape index (κ2) is 6.79. The minimum absolute atomic E-state index is 0.0941. The summed E-state index contributed by atoms with van der Waals surface area (Å²) in [4.78, 5) is 1.43. The van der Waals surface area contributed by atoms with Gasteiger partial charge in [0.25, 0.3) is 0 Å². The first-order valence-electron chi connectivity index (χ1n) is 6.78. The molecular formula is C13H22N2O2S3. The van der Waals surface area contributed by atoms with Gasteiger partial charge in [0.15, 0.2) is 0 Å². The van der Waals surface area contributed by atoms with Gasteiger partial charge < -0.3 is 5.32 Å². The van der Waals surface area contributed by atoms with Crippen molar-refractivity contribution in [3.63, 3.8) is 0 Å². The van der Waals surface area contributed by atoms with Gasteiger partial charge in [-0.25, -0.2) is 13.1 Å². The molecule has 1 aliphatic rings. The lowest BCUT2D eigenvalue weighted by Gasteiger charge is -2.26. The highest BCUT2D eigenvalue weighted by atomic mass is 32.2. The first kappa shape index (κ1) is 16.3. The number of sulfonamides is 1. The molecule has 0 bridgehead atoms. The minimum Gasteiger partial charge on any atom is -0.315 e. The molecule has 1 saturated carbocycles. The van der Waals surface area contributed by atoms with E-state index in [4.69, 9.17) is 0 Å². The Morgan fingerprint density at radius 3 is 2.70 bits per heavy atom. The van der Waals surface area contributed by atoms with Gasteiger partial charge in [0, 0.05) is 28.1 Å². The highest BCUT2D eigenvalue weighted by Gasteiger charge is 2.34. The fourth-order valence-electron chi connectivity index (χ4n) is 2.55. The van der Waals surface area contributed by atoms with Gasteiger partial charge >= 0.3 is 0 Å². The van der Waals surface area contributed by atoms with E-state index in [1.807, 2.05) is 7.05 Å². The third kappa shape index (κ3) is 3.76. The van der Waals surface area contributed by atoms with Gasteiger partial charge in [-0.05, 0) is 32.2 Å². The summed E-state index contributed by atoms with van der Waals surface area (Å²) >= 11 is 3.27. The summed E-state index contributed by atoms with van der Waals surface area (Å²) in [6.45, 7) is 1.24. The molecule has 1 aromatic heterocycles. The third-order valence-electron chi connectivity index (χ3n) is 3.82. The van der Waals surface area contributed by atoms with Gasteiger partial charge in [-0.15, -0.1) is 11.3 Å². The van der Waals surface area contributed by atoms with E-state index in [0.29, 0.717) is 18.0 Å². The lowest BCUT2D eigenvalue weighted by molar-refractivity contribution is 0.551. The Morgan fingerprint density at radius 1 is 1.40 bits per heavy atom. The average Bonchev–Trinajstić information content (AvgIpc) is 3.07. The Morgan fingerprint density at radius 2 is 2.10 bits per heavy atom. The number of rotatable bonds is 7. The van der Waals surface area contributed by atoms with Crippen LogP contribution in [-0.2, 0) is 16.6 Å². The van der Waals surface area contributed by atoms with Crippen LogP contribution in [0, 0.1) is 0 Å². The van der Waals surface area contributed by atoms with Crippen LogP contribution >= 0.6 is 23.1 Å². The Hall–Kier alpha value is -0.0800. The van der Waals surface area contributed by atoms with Crippen molar-refractivity contribution in [1.29, 1.82) is 0 Å². The van der Waals surface area contributed by atoms with Crippen molar-refractivity contribution in [2.45, 2.75) is 41.9 Å². The van der Waals surface area contributed by atoms with Crippen molar-refractivity contribution < 1.29 is 8.42 Å². The van der Waals surface area contributed by atoms with Crippen molar-refractivity contribution in [3.05, 3.63) is 16.3 Å². The van der Waals surface area contributed by atoms with Crippen molar-refractivity contribution in [3.8, 4) is 0 Å². The van der Waals surface area contributed by atoms with Crippen LogP contribution in [-0.4, -0.2) is 33.0 Å². The predicted molar refractivity (Wildman–Crippen MR) is 87.0 cm³/mol. The van der Waals surface area contributed by atoms with E-state index in [1.54, 1.807) is 23.2 Å². The molecule has 0 aliphatic heterocycles. The largest absolute Gasteiger partial charge is 0.315 e. The van der Waals surface area contributed by atoms with Gasteiger partial charge in [0.1, 0.15) is 0 Å². The number of thiophene rings is 1. The molecule has 2 N–H and O–H groups in total. The van der Waals surface area contributed by atoms with Crippen LogP contribution in [0.2, 0.25) is 0 Å². The van der Waals surface area contributed by atoms with E-state index in [0.717, 1.165) is 17.7 Å². The highest BCUT2D eigenvalue weighted by Crippen LogP contribution is 2.39. The molecule has 20 heavy (non-hydrogen) atoms. The summed E-state index contributed by atoms with van der Waals surface area (Å²) in [7, 11) is -1.52. The molecule has 1 aromatic rings. The summed E-state index contributed by atoms with van der Waals surface area (Å²) < 4.78 is 27.6. The second-order valence-corrected chi connectivity index (χ2v) is 9.23. The van der Waals surface area contributed by atoms with Gasteiger partial charge in [0.2, 0.25) is 10.0 Å². The normalized spacial score (nSPS) is 18.5. The van der Waals surface area contributed by atoms with E-state index in [2.05, 4.69) is 16.3 Å². The monoisotopic (exact) mass is 334 g/mol. The molecule has 7 heteroatoms. The smallest absolute Gasteiger partial charge is 0.241 e. The first-order valence-corrected chi connectivity index (χ1v) is 10.4. The maximum Gasteiger partial charge on any atom is 0.241 e. The molecular weight excluding hydrogens is 312 g/mol. The van der Waals surface area contributed by atoms with Crippen LogP contribution in [0.1, 0.15) is 30.6 Å². The number of nitrogens with one attached hydrogen (secondary N) is 2. The van der Waals surface area contributed by atoms with Crippen LogP contribution in [0.3, 0.4) is 0 Å². The third-order valence-corrected chi connectivity index (χ3v) is 7.71. The number of thioether (sulfide) groups is 1. The van der Waals surface area contributed by atoms with E-state index in [-0.39, 0.29) is 4.75 Å². The maximum atomic E-state index is 12.3. The molecule has 114 valence electrons. The number of hydrogen-bond acceptors (Lipinski definition) is 5. The summed E-state index contributed by atoms with van der Waals surface area (Å²) in [5.74, 6) is 0. The predicted octanol–water partition coefficient (Wildman–Crippen LogP) is 2.42. The van der Waals surface area contributed by atoms with Gasteiger partial charge in [-0.1, -0.05) is 12.8 Å². The summed E-state index contributed by atoms with van der Waals surface area (Å²) in [6.07, 6.45) is 6.69. The lowest BCUT2D eigenvalue weighted by atomic mass is 10.1. The van der Waals surface area contributed by atoms with Crippen molar-refractivity contribution in [2.75, 3.05) is 19.8 Å². The zero-order valence-corrected chi connectivity index (χ0v) is 14.4. The zero-order valence-electron chi connectivity index (χ0n) is 11.9. The molecule has 1 heterocycles. The summed E-state index contributed by atoms with van der Waals surface area (Å²) in [5, 5.41) is 4.75. The fraction of sp³-hybridized carbons (Fsp3) is 0.692. The fourth-order valence-corrected chi connectivity index (χ4v) is 5.97. The molecule has 0 unspecified atom stereocenters. The molecule has 0 spiro atoms. The molecule has 0 amide bonds. The number of hydrogen-bond donors (Lipinski definition) is 2. The zero-order chi connectivity index (χ0) is 14.6. The standard InChI is InChI=1S/C13H22N2O2S3/c1-14-8-11-7-12(9-19-11)20(16,17)15-10-13(18-2)5-3-4-6-13/h7,9,14-15H,3-6,8,10H2,1-2H3. The lowest BCUT2D eigenvalue weighted by Crippen LogP contribution is -2.38. The molecule has 0 radical (unpaired) electrons. The Bertz CT molecular complexity index is 534. The van der Waals surface area contributed by atoms with Crippen molar-refractivity contribution in [2.24, 2.45) is 0 Å². The van der Waals surface area contributed by atoms with Crippen molar-refractivity contribution >= 4 is 33.1 Å². The average molecular weight is 335 g/mol. The molecule has 2 rings (SSSR count).